The Kier molecular flexibility index (Phi) is 6.01. The number of carbonyl (C=O) groups excluding carboxylic acids is 2. The smallest absolute Gasteiger partial charge is 0.422 e. The van der Waals surface area contributed by atoms with E-state index in [1.807, 2.05) is 6.92 Å². The number of halogens is 3. The number of para-hydroxylation sites is 1. The van der Waals surface area contributed by atoms with E-state index < -0.39 is 24.8 Å². The second-order valence-electron chi connectivity index (χ2n) is 4.12. The van der Waals surface area contributed by atoms with Crippen LogP contribution in [0.15, 0.2) is 24.3 Å². The fourth-order valence-corrected chi connectivity index (χ4v) is 1.42. The van der Waals surface area contributed by atoms with Crippen LogP contribution in [0.5, 0.6) is 0 Å². The summed E-state index contributed by atoms with van der Waals surface area (Å²) in [6.45, 7) is 0.633. The maximum absolute atomic E-state index is 11.9. The first-order valence-electron chi connectivity index (χ1n) is 6.21. The molecular weight excluding hydrogens is 289 g/mol. The molecule has 0 saturated heterocycles. The standard InChI is InChI=1S/C13H15F3N2O3/c1-2-7-17-11(19)9-5-3-4-6-10(9)18-12(20)21-8-13(14,15)16/h3-6H,2,7-8H2,1H3,(H,17,19)(H,18,20). The summed E-state index contributed by atoms with van der Waals surface area (Å²) >= 11 is 0. The topological polar surface area (TPSA) is 67.4 Å². The lowest BCUT2D eigenvalue weighted by Crippen LogP contribution is -2.27. The molecule has 1 aromatic carbocycles. The van der Waals surface area contributed by atoms with Crippen molar-refractivity contribution >= 4 is 17.7 Å². The van der Waals surface area contributed by atoms with Crippen LogP contribution in [0, 0.1) is 0 Å². The third kappa shape index (κ3) is 6.15. The van der Waals surface area contributed by atoms with Crippen LogP contribution in [-0.2, 0) is 4.74 Å². The lowest BCUT2D eigenvalue weighted by Gasteiger charge is -2.12. The quantitative estimate of drug-likeness (QED) is 0.879. The van der Waals surface area contributed by atoms with Crippen LogP contribution < -0.4 is 10.6 Å². The summed E-state index contributed by atoms with van der Waals surface area (Å²) in [5, 5.41) is 4.73. The van der Waals surface area contributed by atoms with Gasteiger partial charge in [-0.15, -0.1) is 0 Å². The van der Waals surface area contributed by atoms with Gasteiger partial charge in [0.1, 0.15) is 0 Å². The number of carbonyl (C=O) groups is 2. The van der Waals surface area contributed by atoms with Crippen molar-refractivity contribution in [3.63, 3.8) is 0 Å². The Balaban J connectivity index is 2.70. The lowest BCUT2D eigenvalue weighted by molar-refractivity contribution is -0.159. The summed E-state index contributed by atoms with van der Waals surface area (Å²) < 4.78 is 39.8. The molecule has 0 aliphatic rings. The number of amides is 2. The molecule has 0 heterocycles. The average molecular weight is 304 g/mol. The second kappa shape index (κ2) is 7.51. The molecule has 0 unspecified atom stereocenters. The zero-order valence-electron chi connectivity index (χ0n) is 11.3. The van der Waals surface area contributed by atoms with E-state index in [2.05, 4.69) is 15.4 Å². The van der Waals surface area contributed by atoms with E-state index in [1.165, 1.54) is 18.2 Å². The predicted octanol–water partition coefficient (Wildman–Crippen LogP) is 2.94. The van der Waals surface area contributed by atoms with Gasteiger partial charge in [0.25, 0.3) is 5.91 Å². The normalized spacial score (nSPS) is 10.9. The monoisotopic (exact) mass is 304 g/mol. The molecule has 0 spiro atoms. The van der Waals surface area contributed by atoms with Crippen LogP contribution in [-0.4, -0.2) is 31.3 Å². The van der Waals surface area contributed by atoms with Crippen LogP contribution in [0.4, 0.5) is 23.7 Å². The SMILES string of the molecule is CCCNC(=O)c1ccccc1NC(=O)OCC(F)(F)F. The summed E-state index contributed by atoms with van der Waals surface area (Å²) in [4.78, 5) is 23.1. The van der Waals surface area contributed by atoms with E-state index in [4.69, 9.17) is 0 Å². The van der Waals surface area contributed by atoms with Gasteiger partial charge in [0.2, 0.25) is 0 Å². The van der Waals surface area contributed by atoms with Gasteiger partial charge in [-0.2, -0.15) is 13.2 Å². The summed E-state index contributed by atoms with van der Waals surface area (Å²) in [5.74, 6) is -0.427. The number of benzene rings is 1. The molecular formula is C13H15F3N2O3. The second-order valence-corrected chi connectivity index (χ2v) is 4.12. The molecule has 0 saturated carbocycles. The fourth-order valence-electron chi connectivity index (χ4n) is 1.42. The van der Waals surface area contributed by atoms with Crippen molar-refractivity contribution in [2.24, 2.45) is 0 Å². The Morgan fingerprint density at radius 2 is 1.90 bits per heavy atom. The van der Waals surface area contributed by atoms with E-state index in [-0.39, 0.29) is 11.3 Å². The molecule has 0 atom stereocenters. The van der Waals surface area contributed by atoms with Gasteiger partial charge in [0.05, 0.1) is 11.3 Å². The van der Waals surface area contributed by atoms with Gasteiger partial charge in [0.15, 0.2) is 6.61 Å². The van der Waals surface area contributed by atoms with Gasteiger partial charge in [-0.1, -0.05) is 19.1 Å². The number of anilines is 1. The minimum atomic E-state index is -4.60. The minimum absolute atomic E-state index is 0.0817. The highest BCUT2D eigenvalue weighted by Crippen LogP contribution is 2.17. The van der Waals surface area contributed by atoms with Gasteiger partial charge < -0.3 is 10.1 Å². The Hall–Kier alpha value is -2.25. The van der Waals surface area contributed by atoms with Gasteiger partial charge in [-0.05, 0) is 18.6 Å². The molecule has 0 fully saturated rings. The first kappa shape index (κ1) is 16.8. The van der Waals surface area contributed by atoms with Crippen LogP contribution >= 0.6 is 0 Å². The van der Waals surface area contributed by atoms with Gasteiger partial charge in [0, 0.05) is 6.54 Å². The Bertz CT molecular complexity index is 504. The molecule has 8 heteroatoms. The van der Waals surface area contributed by atoms with E-state index in [0.717, 1.165) is 6.42 Å². The zero-order valence-corrected chi connectivity index (χ0v) is 11.3. The molecule has 1 rings (SSSR count). The van der Waals surface area contributed by atoms with Crippen molar-refractivity contribution in [1.82, 2.24) is 5.32 Å². The van der Waals surface area contributed by atoms with Gasteiger partial charge in [-0.25, -0.2) is 4.79 Å². The minimum Gasteiger partial charge on any atom is -0.440 e. The fraction of sp³-hybridized carbons (Fsp3) is 0.385. The van der Waals surface area contributed by atoms with Crippen molar-refractivity contribution in [1.29, 1.82) is 0 Å². The summed E-state index contributed by atoms with van der Waals surface area (Å²) in [5.41, 5.74) is 0.230. The van der Waals surface area contributed by atoms with Crippen molar-refractivity contribution in [2.75, 3.05) is 18.5 Å². The van der Waals surface area contributed by atoms with Gasteiger partial charge >= 0.3 is 12.3 Å². The molecule has 116 valence electrons. The molecule has 0 aliphatic heterocycles. The van der Waals surface area contributed by atoms with Crippen LogP contribution in [0.25, 0.3) is 0 Å². The third-order valence-corrected chi connectivity index (χ3v) is 2.31. The number of hydrogen-bond acceptors (Lipinski definition) is 3. The molecule has 0 radical (unpaired) electrons. The first-order chi connectivity index (χ1) is 9.83. The summed E-state index contributed by atoms with van der Waals surface area (Å²) in [6, 6.07) is 5.96. The van der Waals surface area contributed by atoms with Crippen LogP contribution in [0.2, 0.25) is 0 Å². The molecule has 1 aromatic rings. The Labute approximate surface area is 119 Å². The van der Waals surface area contributed by atoms with Crippen molar-refractivity contribution in [2.45, 2.75) is 19.5 Å². The van der Waals surface area contributed by atoms with Gasteiger partial charge in [-0.3, -0.25) is 10.1 Å². The van der Waals surface area contributed by atoms with E-state index in [0.29, 0.717) is 6.54 Å². The third-order valence-electron chi connectivity index (χ3n) is 2.31. The van der Waals surface area contributed by atoms with Crippen molar-refractivity contribution in [3.05, 3.63) is 29.8 Å². The predicted molar refractivity (Wildman–Crippen MR) is 70.1 cm³/mol. The molecule has 2 N–H and O–H groups in total. The number of rotatable bonds is 5. The molecule has 0 aromatic heterocycles. The van der Waals surface area contributed by atoms with E-state index in [9.17, 15) is 22.8 Å². The molecule has 2 amide bonds. The molecule has 21 heavy (non-hydrogen) atoms. The number of ether oxygens (including phenoxy) is 1. The molecule has 0 aliphatic carbocycles. The van der Waals surface area contributed by atoms with E-state index in [1.54, 1.807) is 6.07 Å². The van der Waals surface area contributed by atoms with Crippen LogP contribution in [0.1, 0.15) is 23.7 Å². The number of nitrogens with one attached hydrogen (secondary N) is 2. The van der Waals surface area contributed by atoms with Crippen LogP contribution in [0.3, 0.4) is 0 Å². The lowest BCUT2D eigenvalue weighted by atomic mass is 10.1. The van der Waals surface area contributed by atoms with Crippen molar-refractivity contribution < 1.29 is 27.5 Å². The highest BCUT2D eigenvalue weighted by molar-refractivity contribution is 6.02. The summed E-state index contributed by atoms with van der Waals surface area (Å²) in [7, 11) is 0. The maximum Gasteiger partial charge on any atom is 0.422 e. The Morgan fingerprint density at radius 3 is 2.52 bits per heavy atom. The maximum atomic E-state index is 11.9. The van der Waals surface area contributed by atoms with Crippen molar-refractivity contribution in [3.8, 4) is 0 Å². The average Bonchev–Trinajstić information content (AvgIpc) is 2.42. The number of alkyl halides is 3. The number of hydrogen-bond donors (Lipinski definition) is 2. The molecule has 5 nitrogen and oxygen atoms in total. The largest absolute Gasteiger partial charge is 0.440 e. The Morgan fingerprint density at radius 1 is 1.24 bits per heavy atom. The molecule has 0 bridgehead atoms. The summed E-state index contributed by atoms with van der Waals surface area (Å²) in [6.07, 6.45) is -5.15. The zero-order chi connectivity index (χ0) is 15.9. The first-order valence-corrected chi connectivity index (χ1v) is 6.21. The highest BCUT2D eigenvalue weighted by Gasteiger charge is 2.29. The highest BCUT2D eigenvalue weighted by atomic mass is 19.4. The van der Waals surface area contributed by atoms with E-state index >= 15 is 0 Å².